The van der Waals surface area contributed by atoms with Crippen molar-refractivity contribution in [3.8, 4) is 0 Å². The molecule has 0 aliphatic carbocycles. The number of aromatic nitrogens is 3. The van der Waals surface area contributed by atoms with Crippen LogP contribution in [-0.2, 0) is 0 Å². The fourth-order valence-corrected chi connectivity index (χ4v) is 1.81. The van der Waals surface area contributed by atoms with E-state index in [-0.39, 0.29) is 0 Å². The second-order valence-electron chi connectivity index (χ2n) is 3.81. The first-order chi connectivity index (χ1) is 6.29. The Morgan fingerprint density at radius 2 is 2.46 bits per heavy atom. The normalized spacial score (nSPS) is 22.8. The molecule has 0 aromatic carbocycles. The van der Waals surface area contributed by atoms with Crippen molar-refractivity contribution in [2.45, 2.75) is 38.8 Å². The lowest BCUT2D eigenvalue weighted by Crippen LogP contribution is -2.19. The fourth-order valence-electron chi connectivity index (χ4n) is 1.81. The summed E-state index contributed by atoms with van der Waals surface area (Å²) in [6.07, 6.45) is 4.08. The van der Waals surface area contributed by atoms with E-state index in [0.717, 1.165) is 12.4 Å². The van der Waals surface area contributed by atoms with E-state index in [4.69, 9.17) is 0 Å². The van der Waals surface area contributed by atoms with Gasteiger partial charge in [-0.3, -0.25) is 0 Å². The molecule has 0 saturated carbocycles. The Balaban J connectivity index is 2.23. The van der Waals surface area contributed by atoms with Gasteiger partial charge in [0.2, 0.25) is 0 Å². The molecule has 1 N–H and O–H groups in total. The molecule has 1 atom stereocenters. The van der Waals surface area contributed by atoms with Crippen molar-refractivity contribution in [3.05, 3.63) is 12.2 Å². The third kappa shape index (κ3) is 1.58. The summed E-state index contributed by atoms with van der Waals surface area (Å²) in [5, 5.41) is 7.66. The van der Waals surface area contributed by atoms with E-state index < -0.39 is 0 Å². The van der Waals surface area contributed by atoms with Gasteiger partial charge in [-0.1, -0.05) is 0 Å². The first-order valence-corrected chi connectivity index (χ1v) is 4.92. The van der Waals surface area contributed by atoms with Gasteiger partial charge in [0.15, 0.2) is 0 Å². The van der Waals surface area contributed by atoms with Gasteiger partial charge in [0.1, 0.15) is 12.2 Å². The van der Waals surface area contributed by atoms with Crippen molar-refractivity contribution in [1.82, 2.24) is 20.1 Å². The molecule has 72 valence electrons. The fraction of sp³-hybridized carbons (Fsp3) is 0.778. The van der Waals surface area contributed by atoms with E-state index in [1.807, 2.05) is 4.68 Å². The number of rotatable bonds is 2. The third-order valence-electron chi connectivity index (χ3n) is 2.46. The minimum atomic E-state index is 0.403. The van der Waals surface area contributed by atoms with E-state index >= 15 is 0 Å². The Morgan fingerprint density at radius 3 is 3.08 bits per heavy atom. The van der Waals surface area contributed by atoms with Crippen LogP contribution in [0.15, 0.2) is 6.33 Å². The highest BCUT2D eigenvalue weighted by Crippen LogP contribution is 2.22. The Bertz CT molecular complexity index is 273. The van der Waals surface area contributed by atoms with Crippen LogP contribution in [0.1, 0.15) is 44.6 Å². The van der Waals surface area contributed by atoms with Crippen LogP contribution in [-0.4, -0.2) is 21.3 Å². The van der Waals surface area contributed by atoms with E-state index in [2.05, 4.69) is 29.2 Å². The summed E-state index contributed by atoms with van der Waals surface area (Å²) in [5.74, 6) is 1.09. The summed E-state index contributed by atoms with van der Waals surface area (Å²) < 4.78 is 2.00. The number of nitrogens with one attached hydrogen (secondary N) is 1. The van der Waals surface area contributed by atoms with Crippen molar-refractivity contribution in [3.63, 3.8) is 0 Å². The lowest BCUT2D eigenvalue weighted by molar-refractivity contribution is 0.465. The minimum absolute atomic E-state index is 0.403. The molecule has 2 heterocycles. The molecule has 0 amide bonds. The average molecular weight is 180 g/mol. The molecule has 13 heavy (non-hydrogen) atoms. The number of nitrogens with zero attached hydrogens (tertiary/aromatic N) is 3. The molecule has 0 bridgehead atoms. The second kappa shape index (κ2) is 3.46. The Hall–Kier alpha value is -0.900. The monoisotopic (exact) mass is 180 g/mol. The molecule has 4 heteroatoms. The van der Waals surface area contributed by atoms with Gasteiger partial charge in [0.25, 0.3) is 0 Å². The van der Waals surface area contributed by atoms with Crippen LogP contribution in [0.25, 0.3) is 0 Å². The van der Waals surface area contributed by atoms with Crippen molar-refractivity contribution >= 4 is 0 Å². The number of hydrogen-bond donors (Lipinski definition) is 1. The van der Waals surface area contributed by atoms with E-state index in [1.54, 1.807) is 6.33 Å². The standard InChI is InChI=1S/C9H16N4/c1-7(2)13-9(11-6-12-13)8-4-3-5-10-8/h6-8,10H,3-5H2,1-2H3. The smallest absolute Gasteiger partial charge is 0.144 e. The molecular weight excluding hydrogens is 164 g/mol. The summed E-state index contributed by atoms with van der Waals surface area (Å²) in [6.45, 7) is 5.37. The van der Waals surface area contributed by atoms with Gasteiger partial charge in [0, 0.05) is 6.04 Å². The maximum atomic E-state index is 4.31. The zero-order valence-electron chi connectivity index (χ0n) is 8.20. The Morgan fingerprint density at radius 1 is 1.62 bits per heavy atom. The molecule has 1 aliphatic rings. The highest BCUT2D eigenvalue weighted by atomic mass is 15.4. The third-order valence-corrected chi connectivity index (χ3v) is 2.46. The average Bonchev–Trinajstić information content (AvgIpc) is 2.74. The lowest BCUT2D eigenvalue weighted by Gasteiger charge is -2.13. The van der Waals surface area contributed by atoms with Gasteiger partial charge < -0.3 is 5.32 Å². The second-order valence-corrected chi connectivity index (χ2v) is 3.81. The highest BCUT2D eigenvalue weighted by Gasteiger charge is 2.21. The molecule has 1 saturated heterocycles. The van der Waals surface area contributed by atoms with Gasteiger partial charge >= 0.3 is 0 Å². The Kier molecular flexibility index (Phi) is 2.31. The summed E-state index contributed by atoms with van der Waals surface area (Å²) in [5.41, 5.74) is 0. The summed E-state index contributed by atoms with van der Waals surface area (Å²) in [4.78, 5) is 4.31. The molecule has 2 rings (SSSR count). The van der Waals surface area contributed by atoms with Crippen molar-refractivity contribution in [1.29, 1.82) is 0 Å². The van der Waals surface area contributed by atoms with E-state index in [9.17, 15) is 0 Å². The first-order valence-electron chi connectivity index (χ1n) is 4.92. The zero-order valence-corrected chi connectivity index (χ0v) is 8.20. The van der Waals surface area contributed by atoms with Crippen molar-refractivity contribution < 1.29 is 0 Å². The minimum Gasteiger partial charge on any atom is -0.307 e. The topological polar surface area (TPSA) is 42.7 Å². The van der Waals surface area contributed by atoms with Crippen molar-refractivity contribution in [2.24, 2.45) is 0 Å². The van der Waals surface area contributed by atoms with Crippen LogP contribution in [0.2, 0.25) is 0 Å². The van der Waals surface area contributed by atoms with Gasteiger partial charge in [-0.2, -0.15) is 5.10 Å². The van der Waals surface area contributed by atoms with Crippen LogP contribution in [0.3, 0.4) is 0 Å². The molecular formula is C9H16N4. The molecule has 1 unspecified atom stereocenters. The van der Waals surface area contributed by atoms with E-state index in [0.29, 0.717) is 12.1 Å². The molecule has 4 nitrogen and oxygen atoms in total. The van der Waals surface area contributed by atoms with Gasteiger partial charge in [0.05, 0.1) is 6.04 Å². The van der Waals surface area contributed by atoms with Crippen LogP contribution < -0.4 is 5.32 Å². The van der Waals surface area contributed by atoms with Crippen LogP contribution in [0.4, 0.5) is 0 Å². The van der Waals surface area contributed by atoms with Crippen LogP contribution >= 0.6 is 0 Å². The molecule has 1 aliphatic heterocycles. The molecule has 1 aromatic heterocycles. The maximum absolute atomic E-state index is 4.31. The molecule has 0 radical (unpaired) electrons. The van der Waals surface area contributed by atoms with Crippen LogP contribution in [0.5, 0.6) is 0 Å². The molecule has 0 spiro atoms. The SMILES string of the molecule is CC(C)n1ncnc1C1CCCN1. The summed E-state index contributed by atoms with van der Waals surface area (Å²) in [7, 11) is 0. The molecule has 1 fully saturated rings. The van der Waals surface area contributed by atoms with Crippen molar-refractivity contribution in [2.75, 3.05) is 6.54 Å². The van der Waals surface area contributed by atoms with Gasteiger partial charge in [-0.15, -0.1) is 0 Å². The molecule has 1 aromatic rings. The zero-order chi connectivity index (χ0) is 9.26. The predicted molar refractivity (Wildman–Crippen MR) is 50.4 cm³/mol. The summed E-state index contributed by atoms with van der Waals surface area (Å²) in [6, 6.07) is 0.824. The lowest BCUT2D eigenvalue weighted by atomic mass is 10.2. The maximum Gasteiger partial charge on any atom is 0.144 e. The van der Waals surface area contributed by atoms with Gasteiger partial charge in [-0.25, -0.2) is 9.67 Å². The Labute approximate surface area is 78.4 Å². The highest BCUT2D eigenvalue weighted by molar-refractivity contribution is 4.97. The largest absolute Gasteiger partial charge is 0.307 e. The number of hydrogen-bond acceptors (Lipinski definition) is 3. The van der Waals surface area contributed by atoms with Gasteiger partial charge in [-0.05, 0) is 33.2 Å². The van der Waals surface area contributed by atoms with Crippen LogP contribution in [0, 0.1) is 0 Å². The quantitative estimate of drug-likeness (QED) is 0.745. The first kappa shape index (κ1) is 8.69. The van der Waals surface area contributed by atoms with E-state index in [1.165, 1.54) is 12.8 Å². The summed E-state index contributed by atoms with van der Waals surface area (Å²) >= 11 is 0. The predicted octanol–water partition coefficient (Wildman–Crippen LogP) is 1.28.